The number of halogens is 3. The smallest absolute Gasteiger partial charge is 0.281 e. The largest absolute Gasteiger partial charge is 0.406 e. The van der Waals surface area contributed by atoms with E-state index in [0.717, 1.165) is 6.07 Å². The first-order chi connectivity index (χ1) is 6.86. The van der Waals surface area contributed by atoms with Crippen molar-refractivity contribution in [2.45, 2.75) is 19.0 Å². The number of likely N-dealkylation sites (tertiary alicyclic amines) is 1. The number of amides is 2. The van der Waals surface area contributed by atoms with E-state index in [1.165, 1.54) is 0 Å². The van der Waals surface area contributed by atoms with E-state index in [0.29, 0.717) is 4.90 Å². The first-order valence-corrected chi connectivity index (χ1v) is 4.15. The van der Waals surface area contributed by atoms with Crippen LogP contribution in [0.25, 0.3) is 0 Å². The lowest BCUT2D eigenvalue weighted by Crippen LogP contribution is -2.38. The summed E-state index contributed by atoms with van der Waals surface area (Å²) < 4.78 is 36.5. The number of rotatable bonds is 2. The zero-order chi connectivity index (χ0) is 11.6. The summed E-state index contributed by atoms with van der Waals surface area (Å²) in [5, 5.41) is 8.28. The van der Waals surface area contributed by atoms with Crippen molar-refractivity contribution in [3.05, 3.63) is 0 Å². The van der Waals surface area contributed by atoms with Crippen LogP contribution in [0, 0.1) is 17.2 Å². The predicted molar refractivity (Wildman–Crippen MR) is 41.1 cm³/mol. The summed E-state index contributed by atoms with van der Waals surface area (Å²) in [4.78, 5) is 22.5. The summed E-state index contributed by atoms with van der Waals surface area (Å²) in [5.41, 5.74) is 0. The van der Waals surface area contributed by atoms with Crippen LogP contribution in [0.2, 0.25) is 0 Å². The van der Waals surface area contributed by atoms with Gasteiger partial charge in [0.1, 0.15) is 0 Å². The van der Waals surface area contributed by atoms with Gasteiger partial charge in [0.05, 0.1) is 12.6 Å². The number of hydrogen-bond donors (Lipinski definition) is 0. The van der Waals surface area contributed by atoms with Gasteiger partial charge in [0, 0.05) is 12.8 Å². The van der Waals surface area contributed by atoms with Crippen LogP contribution in [0.4, 0.5) is 13.2 Å². The summed E-state index contributed by atoms with van der Waals surface area (Å²) >= 11 is 0. The Hall–Kier alpha value is -1.58. The maximum absolute atomic E-state index is 12.2. The molecule has 1 rings (SSSR count). The Labute approximate surface area is 83.3 Å². The molecule has 0 aromatic carbocycles. The second-order valence-electron chi connectivity index (χ2n) is 3.12. The highest BCUT2D eigenvalue weighted by molar-refractivity contribution is 6.01. The molecule has 15 heavy (non-hydrogen) atoms. The summed E-state index contributed by atoms with van der Waals surface area (Å²) in [7, 11) is 0. The fourth-order valence-electron chi connectivity index (χ4n) is 1.23. The minimum atomic E-state index is -4.71. The quantitative estimate of drug-likeness (QED) is 0.648. The van der Waals surface area contributed by atoms with E-state index in [-0.39, 0.29) is 12.8 Å². The van der Waals surface area contributed by atoms with Gasteiger partial charge in [-0.1, -0.05) is 0 Å². The van der Waals surface area contributed by atoms with E-state index in [2.05, 4.69) is 0 Å². The van der Waals surface area contributed by atoms with E-state index < -0.39 is 30.5 Å². The minimum Gasteiger partial charge on any atom is -0.281 e. The molecule has 4 nitrogen and oxygen atoms in total. The van der Waals surface area contributed by atoms with Crippen LogP contribution in [0.15, 0.2) is 0 Å². The van der Waals surface area contributed by atoms with Crippen LogP contribution in [0.3, 0.4) is 0 Å². The summed E-state index contributed by atoms with van der Waals surface area (Å²) in [5.74, 6) is -3.60. The van der Waals surface area contributed by atoms with Gasteiger partial charge >= 0.3 is 6.18 Å². The molecule has 0 spiro atoms. The van der Waals surface area contributed by atoms with E-state index in [4.69, 9.17) is 5.26 Å². The van der Waals surface area contributed by atoms with Crippen LogP contribution < -0.4 is 0 Å². The third-order valence-electron chi connectivity index (χ3n) is 2.07. The minimum absolute atomic E-state index is 0.0746. The average molecular weight is 220 g/mol. The Bertz CT molecular complexity index is 316. The van der Waals surface area contributed by atoms with Crippen molar-refractivity contribution >= 4 is 11.8 Å². The zero-order valence-electron chi connectivity index (χ0n) is 7.54. The molecular weight excluding hydrogens is 213 g/mol. The topological polar surface area (TPSA) is 61.2 Å². The van der Waals surface area contributed by atoms with Gasteiger partial charge in [-0.05, 0) is 0 Å². The summed E-state index contributed by atoms with van der Waals surface area (Å²) in [6.07, 6.45) is -4.86. The number of carbonyl (C=O) groups excluding carboxylic acids is 2. The van der Waals surface area contributed by atoms with Gasteiger partial charge in [-0.2, -0.15) is 18.4 Å². The lowest BCUT2D eigenvalue weighted by molar-refractivity contribution is -0.166. The van der Waals surface area contributed by atoms with Gasteiger partial charge in [-0.3, -0.25) is 14.5 Å². The number of carbonyl (C=O) groups is 2. The van der Waals surface area contributed by atoms with Crippen LogP contribution in [-0.4, -0.2) is 29.4 Å². The highest BCUT2D eigenvalue weighted by atomic mass is 19.4. The molecule has 2 amide bonds. The Balaban J connectivity index is 2.72. The third-order valence-corrected chi connectivity index (χ3v) is 2.07. The highest BCUT2D eigenvalue weighted by Crippen LogP contribution is 2.27. The highest BCUT2D eigenvalue weighted by Gasteiger charge is 2.43. The molecule has 1 aliphatic rings. The van der Waals surface area contributed by atoms with Crippen LogP contribution in [0.1, 0.15) is 12.8 Å². The molecule has 0 saturated carbocycles. The second-order valence-corrected chi connectivity index (χ2v) is 3.12. The molecule has 0 N–H and O–H groups in total. The number of hydrogen-bond acceptors (Lipinski definition) is 3. The Morgan fingerprint density at radius 3 is 2.13 bits per heavy atom. The lowest BCUT2D eigenvalue weighted by Gasteiger charge is -2.19. The van der Waals surface area contributed by atoms with Crippen molar-refractivity contribution in [1.29, 1.82) is 5.26 Å². The molecular formula is C8H7F3N2O2. The fourth-order valence-corrected chi connectivity index (χ4v) is 1.23. The number of nitriles is 1. The SMILES string of the molecule is N#CC(CN1C(=O)CCC1=O)C(F)(F)F. The molecule has 0 aromatic heterocycles. The van der Waals surface area contributed by atoms with Crippen molar-refractivity contribution in [2.75, 3.05) is 6.54 Å². The summed E-state index contributed by atoms with van der Waals surface area (Å²) in [6, 6.07) is 1.04. The third kappa shape index (κ3) is 2.46. The zero-order valence-corrected chi connectivity index (χ0v) is 7.54. The van der Waals surface area contributed by atoms with E-state index in [1.54, 1.807) is 0 Å². The lowest BCUT2D eigenvalue weighted by atomic mass is 10.1. The van der Waals surface area contributed by atoms with Gasteiger partial charge < -0.3 is 0 Å². The Kier molecular flexibility index (Phi) is 2.98. The predicted octanol–water partition coefficient (Wildman–Crippen LogP) is 0.837. The van der Waals surface area contributed by atoms with E-state index in [9.17, 15) is 22.8 Å². The van der Waals surface area contributed by atoms with Gasteiger partial charge in [0.2, 0.25) is 11.8 Å². The molecule has 1 unspecified atom stereocenters. The summed E-state index contributed by atoms with van der Waals surface area (Å²) in [6.45, 7) is -0.891. The van der Waals surface area contributed by atoms with Crippen LogP contribution >= 0.6 is 0 Å². The van der Waals surface area contributed by atoms with Crippen molar-refractivity contribution in [3.63, 3.8) is 0 Å². The van der Waals surface area contributed by atoms with E-state index in [1.807, 2.05) is 0 Å². The molecule has 7 heteroatoms. The number of imide groups is 1. The van der Waals surface area contributed by atoms with Gasteiger partial charge in [-0.15, -0.1) is 0 Å². The average Bonchev–Trinajstić information content (AvgIpc) is 2.41. The molecule has 0 aromatic rings. The van der Waals surface area contributed by atoms with Crippen molar-refractivity contribution in [1.82, 2.24) is 4.90 Å². The van der Waals surface area contributed by atoms with Gasteiger partial charge in [-0.25, -0.2) is 0 Å². The van der Waals surface area contributed by atoms with E-state index >= 15 is 0 Å². The first kappa shape index (κ1) is 11.5. The standard InChI is InChI=1S/C8H7F3N2O2/c9-8(10,11)5(3-12)4-13-6(14)1-2-7(13)15/h5H,1-2,4H2. The number of nitrogens with zero attached hydrogens (tertiary/aromatic N) is 2. The second kappa shape index (κ2) is 3.88. The molecule has 0 bridgehead atoms. The Morgan fingerprint density at radius 2 is 1.80 bits per heavy atom. The molecule has 1 aliphatic heterocycles. The first-order valence-electron chi connectivity index (χ1n) is 4.15. The number of alkyl halides is 3. The van der Waals surface area contributed by atoms with Crippen molar-refractivity contribution < 1.29 is 22.8 Å². The van der Waals surface area contributed by atoms with Crippen molar-refractivity contribution in [2.24, 2.45) is 5.92 Å². The molecule has 1 atom stereocenters. The van der Waals surface area contributed by atoms with Gasteiger partial charge in [0.15, 0.2) is 5.92 Å². The fraction of sp³-hybridized carbons (Fsp3) is 0.625. The molecule has 1 heterocycles. The maximum atomic E-state index is 12.2. The molecule has 1 fully saturated rings. The van der Waals surface area contributed by atoms with Crippen molar-refractivity contribution in [3.8, 4) is 6.07 Å². The monoisotopic (exact) mass is 220 g/mol. The molecule has 82 valence electrons. The van der Waals surface area contributed by atoms with Crippen LogP contribution in [-0.2, 0) is 9.59 Å². The molecule has 1 saturated heterocycles. The van der Waals surface area contributed by atoms with Crippen LogP contribution in [0.5, 0.6) is 0 Å². The molecule has 0 radical (unpaired) electrons. The Morgan fingerprint density at radius 1 is 1.33 bits per heavy atom. The van der Waals surface area contributed by atoms with Gasteiger partial charge in [0.25, 0.3) is 0 Å². The normalized spacial score (nSPS) is 19.2. The molecule has 0 aliphatic carbocycles. The maximum Gasteiger partial charge on any atom is 0.406 e.